The third kappa shape index (κ3) is 11.7. The number of hydrogen-bond acceptors (Lipinski definition) is 3. The molecule has 60 valence electrons. The van der Waals surface area contributed by atoms with Gasteiger partial charge in [-0.15, -0.1) is 0 Å². The fraction of sp³-hybridized carbons (Fsp3) is 0. The summed E-state index contributed by atoms with van der Waals surface area (Å²) < 4.78 is 22.2. The Hall–Kier alpha value is 0.974. The van der Waals surface area contributed by atoms with Crippen molar-refractivity contribution < 1.29 is 54.7 Å². The molecule has 0 aliphatic heterocycles. The molecule has 7 nitrogen and oxygen atoms in total. The van der Waals surface area contributed by atoms with Crippen molar-refractivity contribution in [2.24, 2.45) is 0 Å². The fourth-order valence-electron chi connectivity index (χ4n) is 0.139. The van der Waals surface area contributed by atoms with Crippen LogP contribution in [0, 0.1) is 0 Å². The standard InChI is InChI=1S/H4O7P2.Ti/c1-8(2,3)7-9(4,5)6;/h(H2,1,2,3)(H2,4,5,6);. The van der Waals surface area contributed by atoms with E-state index in [4.69, 9.17) is 19.6 Å². The molecule has 10 heavy (non-hydrogen) atoms. The second-order valence-corrected chi connectivity index (χ2v) is 3.68. The van der Waals surface area contributed by atoms with Crippen LogP contribution in [0.15, 0.2) is 0 Å². The molecular weight excluding hydrogens is 222 g/mol. The Morgan fingerprint density at radius 2 is 1.10 bits per heavy atom. The summed E-state index contributed by atoms with van der Waals surface area (Å²) in [6, 6.07) is 0. The SMILES string of the molecule is O=P(O)(O)OP(=O)(O)O.[Ti]. The zero-order chi connectivity index (χ0) is 7.71. The van der Waals surface area contributed by atoms with Gasteiger partial charge in [-0.3, -0.25) is 0 Å². The summed E-state index contributed by atoms with van der Waals surface area (Å²) in [6.07, 6.45) is 0. The molecule has 0 unspecified atom stereocenters. The number of hydrogen-bond donors (Lipinski definition) is 4. The molecule has 0 rings (SSSR count). The van der Waals surface area contributed by atoms with Gasteiger partial charge in [-0.05, 0) is 0 Å². The van der Waals surface area contributed by atoms with E-state index in [1.165, 1.54) is 0 Å². The van der Waals surface area contributed by atoms with Gasteiger partial charge < -0.3 is 19.6 Å². The van der Waals surface area contributed by atoms with Gasteiger partial charge >= 0.3 is 15.6 Å². The molecule has 0 aromatic heterocycles. The first-order chi connectivity index (χ1) is 3.71. The molecule has 0 aliphatic carbocycles. The summed E-state index contributed by atoms with van der Waals surface area (Å²) in [5.74, 6) is 0. The van der Waals surface area contributed by atoms with E-state index in [-0.39, 0.29) is 21.7 Å². The monoisotopic (exact) mass is 226 g/mol. The predicted molar refractivity (Wildman–Crippen MR) is 25.2 cm³/mol. The Morgan fingerprint density at radius 3 is 1.10 bits per heavy atom. The average Bonchev–Trinajstić information content (AvgIpc) is 1.14. The molecule has 0 heterocycles. The van der Waals surface area contributed by atoms with Gasteiger partial charge in [-0.1, -0.05) is 0 Å². The van der Waals surface area contributed by atoms with Crippen molar-refractivity contribution >= 4 is 15.6 Å². The van der Waals surface area contributed by atoms with Crippen molar-refractivity contribution in [3.05, 3.63) is 0 Å². The first kappa shape index (κ1) is 13.6. The minimum atomic E-state index is -5.05. The van der Waals surface area contributed by atoms with Gasteiger partial charge in [-0.25, -0.2) is 9.13 Å². The Balaban J connectivity index is 0. The minimum Gasteiger partial charge on any atom is -0.302 e. The summed E-state index contributed by atoms with van der Waals surface area (Å²) in [5, 5.41) is 0. The summed E-state index contributed by atoms with van der Waals surface area (Å²) in [5.41, 5.74) is 0. The Labute approximate surface area is 70.8 Å². The molecule has 0 fully saturated rings. The van der Waals surface area contributed by atoms with Gasteiger partial charge in [-0.2, -0.15) is 4.31 Å². The quantitative estimate of drug-likeness (QED) is 0.358. The van der Waals surface area contributed by atoms with Crippen LogP contribution in [0.3, 0.4) is 0 Å². The molecule has 0 spiro atoms. The maximum atomic E-state index is 9.63. The van der Waals surface area contributed by atoms with Gasteiger partial charge in [0.15, 0.2) is 0 Å². The van der Waals surface area contributed by atoms with Crippen molar-refractivity contribution in [1.82, 2.24) is 0 Å². The molecule has 0 atom stereocenters. The summed E-state index contributed by atoms with van der Waals surface area (Å²) in [4.78, 5) is 31.0. The van der Waals surface area contributed by atoms with Crippen molar-refractivity contribution in [1.29, 1.82) is 0 Å². The largest absolute Gasteiger partial charge is 0.478 e. The van der Waals surface area contributed by atoms with E-state index in [9.17, 15) is 9.13 Å². The molecular formula is H4O7P2Ti. The average molecular weight is 226 g/mol. The molecule has 0 saturated heterocycles. The number of rotatable bonds is 2. The number of phosphoric acid groups is 2. The van der Waals surface area contributed by atoms with Crippen molar-refractivity contribution in [2.45, 2.75) is 0 Å². The zero-order valence-corrected chi connectivity index (χ0v) is 7.76. The van der Waals surface area contributed by atoms with Crippen LogP contribution in [0.1, 0.15) is 0 Å². The zero-order valence-electron chi connectivity index (χ0n) is 4.41. The van der Waals surface area contributed by atoms with Gasteiger partial charge in [0.1, 0.15) is 0 Å². The van der Waals surface area contributed by atoms with E-state index in [1.54, 1.807) is 0 Å². The fourth-order valence-corrected chi connectivity index (χ4v) is 1.25. The first-order valence-electron chi connectivity index (χ1n) is 1.53. The van der Waals surface area contributed by atoms with Crippen molar-refractivity contribution in [2.75, 3.05) is 0 Å². The van der Waals surface area contributed by atoms with Crippen LogP contribution in [0.5, 0.6) is 0 Å². The van der Waals surface area contributed by atoms with Crippen LogP contribution in [-0.4, -0.2) is 19.6 Å². The molecule has 0 aliphatic rings. The van der Waals surface area contributed by atoms with Gasteiger partial charge in [0.2, 0.25) is 0 Å². The van der Waals surface area contributed by atoms with Crippen LogP contribution >= 0.6 is 15.6 Å². The predicted octanol–water partition coefficient (Wildman–Crippen LogP) is -0.814. The topological polar surface area (TPSA) is 124 Å². The van der Waals surface area contributed by atoms with Crippen LogP contribution in [0.4, 0.5) is 0 Å². The normalized spacial score (nSPS) is 12.4. The van der Waals surface area contributed by atoms with E-state index in [1.807, 2.05) is 0 Å². The second-order valence-electron chi connectivity index (χ2n) is 1.06. The van der Waals surface area contributed by atoms with E-state index >= 15 is 0 Å². The van der Waals surface area contributed by atoms with Crippen LogP contribution in [0.2, 0.25) is 0 Å². The Morgan fingerprint density at radius 1 is 0.900 bits per heavy atom. The van der Waals surface area contributed by atoms with Crippen molar-refractivity contribution in [3.8, 4) is 0 Å². The van der Waals surface area contributed by atoms with Gasteiger partial charge in [0, 0.05) is 21.7 Å². The third-order valence-electron chi connectivity index (χ3n) is 0.213. The van der Waals surface area contributed by atoms with E-state index in [0.29, 0.717) is 0 Å². The molecule has 0 saturated carbocycles. The Kier molecular flexibility index (Phi) is 5.58. The van der Waals surface area contributed by atoms with Crippen LogP contribution in [0.25, 0.3) is 0 Å². The second kappa shape index (κ2) is 4.11. The van der Waals surface area contributed by atoms with E-state index in [2.05, 4.69) is 4.31 Å². The van der Waals surface area contributed by atoms with E-state index < -0.39 is 15.6 Å². The minimum absolute atomic E-state index is 0. The molecule has 4 N–H and O–H groups in total. The molecule has 10 heteroatoms. The van der Waals surface area contributed by atoms with Gasteiger partial charge in [0.05, 0.1) is 0 Å². The summed E-state index contributed by atoms with van der Waals surface area (Å²) in [7, 11) is -10.1. The van der Waals surface area contributed by atoms with Crippen LogP contribution < -0.4 is 0 Å². The summed E-state index contributed by atoms with van der Waals surface area (Å²) in [6.45, 7) is 0. The molecule has 0 amide bonds. The molecule has 0 radical (unpaired) electrons. The molecule has 0 bridgehead atoms. The Bertz CT molecular complexity index is 152. The first-order valence-corrected chi connectivity index (χ1v) is 4.59. The maximum absolute atomic E-state index is 9.63. The summed E-state index contributed by atoms with van der Waals surface area (Å²) >= 11 is 0. The molecule has 0 aromatic rings. The van der Waals surface area contributed by atoms with E-state index in [0.717, 1.165) is 0 Å². The van der Waals surface area contributed by atoms with Gasteiger partial charge in [0.25, 0.3) is 0 Å². The van der Waals surface area contributed by atoms with Crippen molar-refractivity contribution in [3.63, 3.8) is 0 Å². The smallest absolute Gasteiger partial charge is 0.302 e. The third-order valence-corrected chi connectivity index (χ3v) is 1.91. The molecule has 0 aromatic carbocycles. The van der Waals surface area contributed by atoms with Crippen LogP contribution in [-0.2, 0) is 35.2 Å². The maximum Gasteiger partial charge on any atom is 0.478 e.